The van der Waals surface area contributed by atoms with Crippen molar-refractivity contribution in [2.75, 3.05) is 11.1 Å². The van der Waals surface area contributed by atoms with Crippen LogP contribution in [0.2, 0.25) is 0 Å². The second kappa shape index (κ2) is 4.16. The molecule has 0 amide bonds. The van der Waals surface area contributed by atoms with E-state index < -0.39 is 0 Å². The van der Waals surface area contributed by atoms with E-state index in [1.54, 1.807) is 0 Å². The lowest BCUT2D eigenvalue weighted by molar-refractivity contribution is 0.798. The van der Waals surface area contributed by atoms with Crippen molar-refractivity contribution < 1.29 is 0 Å². The van der Waals surface area contributed by atoms with E-state index in [1.807, 2.05) is 13.0 Å². The van der Waals surface area contributed by atoms with Crippen molar-refractivity contribution in [3.05, 3.63) is 17.7 Å². The number of nitrogen functional groups attached to an aromatic ring is 1. The summed E-state index contributed by atoms with van der Waals surface area (Å²) in [5.74, 6) is 0.940. The van der Waals surface area contributed by atoms with Gasteiger partial charge in [-0.15, -0.1) is 0 Å². The summed E-state index contributed by atoms with van der Waals surface area (Å²) < 4.78 is 3.91. The van der Waals surface area contributed by atoms with Crippen LogP contribution in [0.25, 0.3) is 0 Å². The third-order valence-electron chi connectivity index (χ3n) is 2.02. The van der Waals surface area contributed by atoms with Gasteiger partial charge in [0.25, 0.3) is 0 Å². The Morgan fingerprint density at radius 1 is 1.69 bits per heavy atom. The van der Waals surface area contributed by atoms with E-state index in [2.05, 4.69) is 24.9 Å². The summed E-state index contributed by atoms with van der Waals surface area (Å²) in [4.78, 5) is 4.02. The largest absolute Gasteiger partial charge is 0.382 e. The van der Waals surface area contributed by atoms with Gasteiger partial charge in [-0.1, -0.05) is 0 Å². The average Bonchev–Trinajstić information content (AvgIpc) is 2.88. The molecule has 0 saturated heterocycles. The molecule has 1 atom stereocenters. The Hall–Kier alpha value is -2.14. The maximum atomic E-state index is 8.89. The lowest BCUT2D eigenvalue weighted by Gasteiger charge is -2.09. The number of aromatic nitrogens is 4. The molecule has 2 heterocycles. The fraction of sp³-hybridized carbons (Fsp3) is 0.250. The van der Waals surface area contributed by atoms with Crippen LogP contribution in [0.1, 0.15) is 24.4 Å². The first-order valence-electron chi connectivity index (χ1n) is 4.49. The molecule has 7 nitrogen and oxygen atoms in total. The third kappa shape index (κ3) is 1.80. The van der Waals surface area contributed by atoms with Crippen molar-refractivity contribution in [3.8, 4) is 6.07 Å². The predicted octanol–water partition coefficient (Wildman–Crippen LogP) is 0.888. The van der Waals surface area contributed by atoms with E-state index in [4.69, 9.17) is 11.0 Å². The fourth-order valence-corrected chi connectivity index (χ4v) is 1.95. The van der Waals surface area contributed by atoms with Gasteiger partial charge in [-0.05, 0) is 18.5 Å². The van der Waals surface area contributed by atoms with E-state index in [-0.39, 0.29) is 11.9 Å². The van der Waals surface area contributed by atoms with Crippen LogP contribution in [0.3, 0.4) is 0 Å². The molecular formula is C8H9N7S. The molecule has 2 rings (SSSR count). The molecule has 0 aliphatic carbocycles. The number of nitrogens with two attached hydrogens (primary N) is 1. The highest BCUT2D eigenvalue weighted by Gasteiger charge is 2.15. The summed E-state index contributed by atoms with van der Waals surface area (Å²) in [6.07, 6.45) is 1.43. The molecule has 82 valence electrons. The van der Waals surface area contributed by atoms with Gasteiger partial charge in [0.1, 0.15) is 28.8 Å². The number of nitriles is 1. The molecule has 0 aliphatic rings. The first kappa shape index (κ1) is 10.4. The Kier molecular flexibility index (Phi) is 2.70. The molecule has 4 N–H and O–H groups in total. The molecule has 0 aliphatic heterocycles. The van der Waals surface area contributed by atoms with Crippen LogP contribution in [-0.2, 0) is 0 Å². The molecule has 1 unspecified atom stereocenters. The highest BCUT2D eigenvalue weighted by atomic mass is 32.1. The van der Waals surface area contributed by atoms with E-state index in [0.717, 1.165) is 11.5 Å². The second-order valence-electron chi connectivity index (χ2n) is 3.12. The molecule has 16 heavy (non-hydrogen) atoms. The highest BCUT2D eigenvalue weighted by molar-refractivity contribution is 7.10. The van der Waals surface area contributed by atoms with Crippen molar-refractivity contribution >= 4 is 22.4 Å². The molecule has 0 saturated carbocycles. The summed E-state index contributed by atoms with van der Waals surface area (Å²) in [6.45, 7) is 1.90. The maximum absolute atomic E-state index is 8.89. The van der Waals surface area contributed by atoms with E-state index >= 15 is 0 Å². The van der Waals surface area contributed by atoms with Crippen LogP contribution < -0.4 is 11.1 Å². The van der Waals surface area contributed by atoms with Crippen LogP contribution >= 0.6 is 11.5 Å². The van der Waals surface area contributed by atoms with Crippen LogP contribution in [-0.4, -0.2) is 19.6 Å². The minimum atomic E-state index is -0.0885. The summed E-state index contributed by atoms with van der Waals surface area (Å²) in [7, 11) is 0. The first-order chi connectivity index (χ1) is 7.72. The zero-order chi connectivity index (χ0) is 11.5. The summed E-state index contributed by atoms with van der Waals surface area (Å²) in [5, 5.41) is 19.1. The third-order valence-corrected chi connectivity index (χ3v) is 2.81. The van der Waals surface area contributed by atoms with E-state index in [0.29, 0.717) is 16.4 Å². The van der Waals surface area contributed by atoms with Crippen molar-refractivity contribution in [2.45, 2.75) is 13.0 Å². The Morgan fingerprint density at radius 3 is 3.12 bits per heavy atom. The Balaban J connectivity index is 2.19. The number of aromatic amines is 1. The zero-order valence-electron chi connectivity index (χ0n) is 8.43. The van der Waals surface area contributed by atoms with Crippen molar-refractivity contribution in [1.29, 1.82) is 5.26 Å². The molecule has 2 aromatic heterocycles. The number of H-pyrrole nitrogens is 1. The van der Waals surface area contributed by atoms with Gasteiger partial charge in [-0.25, -0.2) is 4.98 Å². The van der Waals surface area contributed by atoms with Gasteiger partial charge in [-0.2, -0.15) is 14.7 Å². The lowest BCUT2D eigenvalue weighted by Crippen LogP contribution is -2.08. The summed E-state index contributed by atoms with van der Waals surface area (Å²) in [5.41, 5.74) is 5.92. The standard InChI is InChI=1S/C8H9N7S/c1-4(7-11-3-12-14-7)13-8-5(2-9)6(10)15-16-8/h3-4,13H,1H3,(H2,10,15)(H,11,12,14). The number of hydrogen-bond donors (Lipinski definition) is 3. The van der Waals surface area contributed by atoms with Gasteiger partial charge in [-0.3, -0.25) is 5.10 Å². The topological polar surface area (TPSA) is 116 Å². The van der Waals surface area contributed by atoms with Crippen molar-refractivity contribution in [1.82, 2.24) is 19.6 Å². The minimum absolute atomic E-state index is 0.0885. The number of nitrogens with zero attached hydrogens (tertiary/aromatic N) is 4. The van der Waals surface area contributed by atoms with Gasteiger partial charge in [0.2, 0.25) is 0 Å². The highest BCUT2D eigenvalue weighted by Crippen LogP contribution is 2.28. The number of anilines is 2. The molecule has 0 aromatic carbocycles. The van der Waals surface area contributed by atoms with Crippen molar-refractivity contribution in [3.63, 3.8) is 0 Å². The zero-order valence-corrected chi connectivity index (χ0v) is 9.25. The monoisotopic (exact) mass is 235 g/mol. The molecule has 0 fully saturated rings. The number of hydrogen-bond acceptors (Lipinski definition) is 7. The van der Waals surface area contributed by atoms with Gasteiger partial charge in [0.15, 0.2) is 5.82 Å². The van der Waals surface area contributed by atoms with Crippen molar-refractivity contribution in [2.24, 2.45) is 0 Å². The smallest absolute Gasteiger partial charge is 0.157 e. The van der Waals surface area contributed by atoms with Gasteiger partial charge >= 0.3 is 0 Å². The Morgan fingerprint density at radius 2 is 2.50 bits per heavy atom. The normalized spacial score (nSPS) is 12.0. The van der Waals surface area contributed by atoms with E-state index in [1.165, 1.54) is 6.33 Å². The Bertz CT molecular complexity index is 509. The molecule has 0 spiro atoms. The van der Waals surface area contributed by atoms with Crippen LogP contribution in [0, 0.1) is 11.3 Å². The summed E-state index contributed by atoms with van der Waals surface area (Å²) >= 11 is 1.16. The van der Waals surface area contributed by atoms with Crippen LogP contribution in [0.4, 0.5) is 10.8 Å². The minimum Gasteiger partial charge on any atom is -0.382 e. The predicted molar refractivity (Wildman–Crippen MR) is 59.7 cm³/mol. The quantitative estimate of drug-likeness (QED) is 0.727. The molecule has 0 radical (unpaired) electrons. The van der Waals surface area contributed by atoms with Gasteiger partial charge in [0.05, 0.1) is 6.04 Å². The SMILES string of the molecule is CC(Nc1snc(N)c1C#N)c1ncn[nH]1. The molecular weight excluding hydrogens is 226 g/mol. The van der Waals surface area contributed by atoms with Crippen LogP contribution in [0.5, 0.6) is 0 Å². The molecule has 0 bridgehead atoms. The van der Waals surface area contributed by atoms with Gasteiger partial charge in [0, 0.05) is 0 Å². The van der Waals surface area contributed by atoms with E-state index in [9.17, 15) is 0 Å². The molecule has 2 aromatic rings. The number of rotatable bonds is 3. The number of nitrogens with one attached hydrogen (secondary N) is 2. The summed E-state index contributed by atoms with van der Waals surface area (Å²) in [6, 6.07) is 1.92. The maximum Gasteiger partial charge on any atom is 0.157 e. The average molecular weight is 235 g/mol. The van der Waals surface area contributed by atoms with Crippen LogP contribution in [0.15, 0.2) is 6.33 Å². The second-order valence-corrected chi connectivity index (χ2v) is 3.89. The fourth-order valence-electron chi connectivity index (χ4n) is 1.20. The lowest BCUT2D eigenvalue weighted by atomic mass is 10.3. The molecule has 8 heteroatoms. The Labute approximate surface area is 95.5 Å². The first-order valence-corrected chi connectivity index (χ1v) is 5.26. The van der Waals surface area contributed by atoms with Gasteiger partial charge < -0.3 is 11.1 Å².